The molecule has 0 N–H and O–H groups in total. The summed E-state index contributed by atoms with van der Waals surface area (Å²) in [6.07, 6.45) is 0. The van der Waals surface area contributed by atoms with E-state index >= 15 is 0 Å². The van der Waals surface area contributed by atoms with Crippen molar-refractivity contribution in [3.8, 4) is 0 Å². The highest BCUT2D eigenvalue weighted by molar-refractivity contribution is 7.11. The van der Waals surface area contributed by atoms with E-state index in [4.69, 9.17) is 4.74 Å². The molecule has 0 aliphatic carbocycles. The van der Waals surface area contributed by atoms with Crippen LogP contribution >= 0.6 is 11.3 Å². The van der Waals surface area contributed by atoms with E-state index < -0.39 is 0 Å². The van der Waals surface area contributed by atoms with Crippen molar-refractivity contribution in [2.75, 3.05) is 13.2 Å². The predicted octanol–water partition coefficient (Wildman–Crippen LogP) is 1.95. The van der Waals surface area contributed by atoms with E-state index in [1.165, 1.54) is 0 Å². The normalized spacial score (nSPS) is 15.3. The van der Waals surface area contributed by atoms with Gasteiger partial charge in [-0.05, 0) is 12.5 Å². The molecule has 0 radical (unpaired) electrons. The maximum absolute atomic E-state index is 5.30. The fourth-order valence-electron chi connectivity index (χ4n) is 1.03. The first-order valence-corrected chi connectivity index (χ1v) is 4.94. The van der Waals surface area contributed by atoms with Crippen LogP contribution in [0, 0.1) is 0 Å². The molecule has 0 saturated carbocycles. The van der Waals surface area contributed by atoms with Crippen molar-refractivity contribution in [2.24, 2.45) is 4.99 Å². The van der Waals surface area contributed by atoms with Gasteiger partial charge in [-0.1, -0.05) is 6.58 Å². The molecule has 2 heterocycles. The molecule has 1 aromatic rings. The first kappa shape index (κ1) is 8.44. The van der Waals surface area contributed by atoms with Crippen LogP contribution < -0.4 is 0 Å². The van der Waals surface area contributed by atoms with Crippen molar-refractivity contribution in [1.29, 1.82) is 0 Å². The fraction of sp³-hybridized carbons (Fsp3) is 0.333. The Morgan fingerprint density at radius 3 is 3.08 bits per heavy atom. The summed E-state index contributed by atoms with van der Waals surface area (Å²) in [5, 5.41) is 2.83. The van der Waals surface area contributed by atoms with Crippen molar-refractivity contribution in [3.05, 3.63) is 22.7 Å². The first-order chi connectivity index (χ1) is 6.27. The third kappa shape index (κ3) is 1.62. The van der Waals surface area contributed by atoms with E-state index in [0.717, 1.165) is 22.8 Å². The molecule has 13 heavy (non-hydrogen) atoms. The van der Waals surface area contributed by atoms with Gasteiger partial charge in [-0.25, -0.2) is 9.98 Å². The number of nitrogens with zero attached hydrogens (tertiary/aromatic N) is 2. The molecule has 1 aliphatic heterocycles. The Morgan fingerprint density at radius 2 is 2.54 bits per heavy atom. The Kier molecular flexibility index (Phi) is 2.14. The topological polar surface area (TPSA) is 34.5 Å². The minimum absolute atomic E-state index is 0.678. The lowest BCUT2D eigenvalue weighted by molar-refractivity contribution is 0.348. The highest BCUT2D eigenvalue weighted by atomic mass is 32.1. The number of thiazole rings is 1. The average Bonchev–Trinajstić information content (AvgIpc) is 2.75. The number of hydrogen-bond acceptors (Lipinski definition) is 4. The summed E-state index contributed by atoms with van der Waals surface area (Å²) >= 11 is 1.55. The smallest absolute Gasteiger partial charge is 0.246 e. The number of rotatable bonds is 2. The summed E-state index contributed by atoms with van der Waals surface area (Å²) in [4.78, 5) is 8.55. The van der Waals surface area contributed by atoms with E-state index in [-0.39, 0.29) is 0 Å². The lowest BCUT2D eigenvalue weighted by atomic mass is 10.3. The number of aromatic nitrogens is 1. The third-order valence-corrected chi connectivity index (χ3v) is 2.54. The molecule has 0 spiro atoms. The Hall–Kier alpha value is -1.16. The molecule has 4 heteroatoms. The van der Waals surface area contributed by atoms with Crippen LogP contribution in [0.5, 0.6) is 0 Å². The molecule has 2 rings (SSSR count). The van der Waals surface area contributed by atoms with Gasteiger partial charge >= 0.3 is 0 Å². The summed E-state index contributed by atoms with van der Waals surface area (Å²) in [5.41, 5.74) is 1.90. The van der Waals surface area contributed by atoms with Gasteiger partial charge in [0, 0.05) is 5.38 Å². The third-order valence-electron chi connectivity index (χ3n) is 1.71. The quantitative estimate of drug-likeness (QED) is 0.721. The maximum Gasteiger partial charge on any atom is 0.246 e. The second-order valence-electron chi connectivity index (χ2n) is 2.85. The standard InChI is InChI=1S/C9H10N2OS/c1-6(2)7-5-13-9(11-7)8-10-3-4-12-8/h5H,1,3-4H2,2H3. The van der Waals surface area contributed by atoms with E-state index in [1.807, 2.05) is 12.3 Å². The monoisotopic (exact) mass is 194 g/mol. The lowest BCUT2D eigenvalue weighted by Crippen LogP contribution is -2.00. The first-order valence-electron chi connectivity index (χ1n) is 4.06. The fourth-order valence-corrected chi connectivity index (χ4v) is 1.89. The van der Waals surface area contributed by atoms with Crippen molar-refractivity contribution in [1.82, 2.24) is 4.98 Å². The minimum Gasteiger partial charge on any atom is -0.474 e. The van der Waals surface area contributed by atoms with Crippen molar-refractivity contribution < 1.29 is 4.74 Å². The molecule has 0 unspecified atom stereocenters. The second kappa shape index (κ2) is 3.30. The van der Waals surface area contributed by atoms with Gasteiger partial charge in [0.2, 0.25) is 5.90 Å². The second-order valence-corrected chi connectivity index (χ2v) is 3.71. The molecule has 0 fully saturated rings. The van der Waals surface area contributed by atoms with Crippen molar-refractivity contribution >= 4 is 22.8 Å². The minimum atomic E-state index is 0.678. The van der Waals surface area contributed by atoms with Crippen LogP contribution in [0.15, 0.2) is 17.0 Å². The highest BCUT2D eigenvalue weighted by Crippen LogP contribution is 2.18. The molecule has 68 valence electrons. The van der Waals surface area contributed by atoms with Crippen LogP contribution in [-0.4, -0.2) is 24.0 Å². The Morgan fingerprint density at radius 1 is 1.69 bits per heavy atom. The van der Waals surface area contributed by atoms with E-state index in [2.05, 4.69) is 16.6 Å². The van der Waals surface area contributed by atoms with Crippen LogP contribution in [0.1, 0.15) is 17.6 Å². The molecule has 3 nitrogen and oxygen atoms in total. The van der Waals surface area contributed by atoms with Gasteiger partial charge in [-0.15, -0.1) is 11.3 Å². The van der Waals surface area contributed by atoms with Gasteiger partial charge in [0.05, 0.1) is 12.2 Å². The zero-order chi connectivity index (χ0) is 9.26. The van der Waals surface area contributed by atoms with E-state index in [0.29, 0.717) is 12.5 Å². The van der Waals surface area contributed by atoms with Gasteiger partial charge in [0.15, 0.2) is 5.01 Å². The Balaban J connectivity index is 2.27. The Labute approximate surface area is 80.8 Å². The molecule has 0 amide bonds. The summed E-state index contributed by atoms with van der Waals surface area (Å²) in [6.45, 7) is 7.19. The van der Waals surface area contributed by atoms with E-state index in [9.17, 15) is 0 Å². The van der Waals surface area contributed by atoms with Crippen molar-refractivity contribution in [3.63, 3.8) is 0 Å². The Bertz CT molecular complexity index is 367. The van der Waals surface area contributed by atoms with Gasteiger partial charge in [0.25, 0.3) is 0 Å². The van der Waals surface area contributed by atoms with Crippen LogP contribution in [0.2, 0.25) is 0 Å². The molecule has 0 saturated heterocycles. The van der Waals surface area contributed by atoms with Gasteiger partial charge < -0.3 is 4.74 Å². The van der Waals surface area contributed by atoms with Gasteiger partial charge in [-0.3, -0.25) is 0 Å². The van der Waals surface area contributed by atoms with Crippen LogP contribution in [-0.2, 0) is 4.74 Å². The summed E-state index contributed by atoms with van der Waals surface area (Å²) < 4.78 is 5.30. The zero-order valence-electron chi connectivity index (χ0n) is 7.41. The maximum atomic E-state index is 5.30. The molecule has 1 aliphatic rings. The van der Waals surface area contributed by atoms with Gasteiger partial charge in [-0.2, -0.15) is 0 Å². The lowest BCUT2D eigenvalue weighted by Gasteiger charge is -1.94. The zero-order valence-corrected chi connectivity index (χ0v) is 8.23. The summed E-state index contributed by atoms with van der Waals surface area (Å²) in [5.74, 6) is 0.678. The predicted molar refractivity (Wildman–Crippen MR) is 54.2 cm³/mol. The van der Waals surface area contributed by atoms with Gasteiger partial charge in [0.1, 0.15) is 6.61 Å². The molecular weight excluding hydrogens is 184 g/mol. The molecule has 0 aromatic carbocycles. The highest BCUT2D eigenvalue weighted by Gasteiger charge is 2.14. The van der Waals surface area contributed by atoms with Crippen molar-refractivity contribution in [2.45, 2.75) is 6.92 Å². The molecular formula is C9H10N2OS. The number of allylic oxidation sites excluding steroid dienone is 1. The summed E-state index contributed by atoms with van der Waals surface area (Å²) in [6, 6.07) is 0. The number of aliphatic imine (C=N–C) groups is 1. The van der Waals surface area contributed by atoms with Crippen LogP contribution in [0.3, 0.4) is 0 Å². The molecule has 0 atom stereocenters. The average molecular weight is 194 g/mol. The SMILES string of the molecule is C=C(C)c1csc(C2=NCCO2)n1. The van der Waals surface area contributed by atoms with Crippen LogP contribution in [0.25, 0.3) is 5.57 Å². The number of hydrogen-bond donors (Lipinski definition) is 0. The largest absolute Gasteiger partial charge is 0.474 e. The van der Waals surface area contributed by atoms with Crippen LogP contribution in [0.4, 0.5) is 0 Å². The summed E-state index contributed by atoms with van der Waals surface area (Å²) in [7, 11) is 0. The number of ether oxygens (including phenoxy) is 1. The molecule has 0 bridgehead atoms. The molecule has 1 aromatic heterocycles. The van der Waals surface area contributed by atoms with E-state index in [1.54, 1.807) is 11.3 Å².